The Balaban J connectivity index is 1.94. The first kappa shape index (κ1) is 10.9. The molecule has 0 bridgehead atoms. The highest BCUT2D eigenvalue weighted by Gasteiger charge is 2.39. The van der Waals surface area contributed by atoms with Gasteiger partial charge in [-0.15, -0.1) is 0 Å². The maximum absolute atomic E-state index is 11.2. The average molecular weight is 232 g/mol. The zero-order valence-electron chi connectivity index (χ0n) is 10.3. The number of nitrogens with two attached hydrogens (primary N) is 1. The number of hydrogen-bond donors (Lipinski definition) is 2. The fraction of sp³-hybridized carbons (Fsp3) is 0.643. The second kappa shape index (κ2) is 3.90. The fourth-order valence-corrected chi connectivity index (χ4v) is 3.86. The Kier molecular flexibility index (Phi) is 2.49. The van der Waals surface area contributed by atoms with Crippen LogP contribution in [0.25, 0.3) is 0 Å². The van der Waals surface area contributed by atoms with Crippen LogP contribution in [0.1, 0.15) is 39.0 Å². The monoisotopic (exact) mass is 232 g/mol. The zero-order chi connectivity index (χ0) is 12.0. The first-order chi connectivity index (χ1) is 8.15. The van der Waals surface area contributed by atoms with Crippen molar-refractivity contribution in [2.45, 2.75) is 45.1 Å². The van der Waals surface area contributed by atoms with E-state index in [1.807, 2.05) is 0 Å². The van der Waals surface area contributed by atoms with Gasteiger partial charge in [-0.1, -0.05) is 18.6 Å². The molecule has 0 heterocycles. The number of urea groups is 1. The first-order valence-electron chi connectivity index (χ1n) is 6.63. The van der Waals surface area contributed by atoms with Crippen LogP contribution in [0.4, 0.5) is 4.79 Å². The minimum Gasteiger partial charge on any atom is -0.352 e. The van der Waals surface area contributed by atoms with E-state index in [-0.39, 0.29) is 12.1 Å². The molecule has 0 saturated heterocycles. The van der Waals surface area contributed by atoms with Crippen LogP contribution >= 0.6 is 0 Å². The molecule has 3 N–H and O–H groups in total. The van der Waals surface area contributed by atoms with E-state index in [0.717, 1.165) is 12.3 Å². The Morgan fingerprint density at radius 3 is 3.06 bits per heavy atom. The van der Waals surface area contributed by atoms with Crippen molar-refractivity contribution in [3.05, 3.63) is 22.8 Å². The normalized spacial score (nSPS) is 35.4. The zero-order valence-corrected chi connectivity index (χ0v) is 10.3. The van der Waals surface area contributed by atoms with E-state index in [9.17, 15) is 4.79 Å². The van der Waals surface area contributed by atoms with Crippen LogP contribution in [0.3, 0.4) is 0 Å². The highest BCUT2D eigenvalue weighted by molar-refractivity contribution is 5.73. The van der Waals surface area contributed by atoms with Crippen molar-refractivity contribution in [2.24, 2.45) is 17.6 Å². The number of carbonyl (C=O) groups excluding carboxylic acids is 1. The quantitative estimate of drug-likeness (QED) is 0.717. The lowest BCUT2D eigenvalue weighted by Gasteiger charge is -2.31. The molecule has 0 spiro atoms. The van der Waals surface area contributed by atoms with Crippen LogP contribution in [-0.4, -0.2) is 12.1 Å². The summed E-state index contributed by atoms with van der Waals surface area (Å²) in [5, 5.41) is 2.99. The SMILES string of the molecule is C[C@@H]1CC2=CC3=C(CCC3)C(NC(N)=O)C2C1. The summed E-state index contributed by atoms with van der Waals surface area (Å²) in [6, 6.07) is -0.190. The molecule has 3 rings (SSSR count). The van der Waals surface area contributed by atoms with Gasteiger partial charge in [-0.3, -0.25) is 0 Å². The number of carbonyl (C=O) groups is 1. The maximum Gasteiger partial charge on any atom is 0.312 e. The van der Waals surface area contributed by atoms with Gasteiger partial charge in [0.05, 0.1) is 6.04 Å². The van der Waals surface area contributed by atoms with Crippen LogP contribution in [0.5, 0.6) is 0 Å². The summed E-state index contributed by atoms with van der Waals surface area (Å²) in [6.45, 7) is 2.30. The van der Waals surface area contributed by atoms with Crippen LogP contribution in [0.2, 0.25) is 0 Å². The highest BCUT2D eigenvalue weighted by Crippen LogP contribution is 2.47. The smallest absolute Gasteiger partial charge is 0.312 e. The molecule has 0 aromatic heterocycles. The number of nitrogens with one attached hydrogen (secondary N) is 1. The fourth-order valence-electron chi connectivity index (χ4n) is 3.86. The Bertz CT molecular complexity index is 422. The van der Waals surface area contributed by atoms with Crippen molar-refractivity contribution < 1.29 is 4.79 Å². The summed E-state index contributed by atoms with van der Waals surface area (Å²) < 4.78 is 0. The van der Waals surface area contributed by atoms with Crippen molar-refractivity contribution in [2.75, 3.05) is 0 Å². The highest BCUT2D eigenvalue weighted by atomic mass is 16.2. The number of hydrogen-bond acceptors (Lipinski definition) is 1. The molecule has 2 amide bonds. The van der Waals surface area contributed by atoms with Crippen LogP contribution in [-0.2, 0) is 0 Å². The van der Waals surface area contributed by atoms with E-state index >= 15 is 0 Å². The molecule has 3 nitrogen and oxygen atoms in total. The van der Waals surface area contributed by atoms with Gasteiger partial charge in [-0.05, 0) is 49.2 Å². The Morgan fingerprint density at radius 1 is 1.47 bits per heavy atom. The molecule has 1 saturated carbocycles. The second-order valence-electron chi connectivity index (χ2n) is 5.76. The van der Waals surface area contributed by atoms with E-state index < -0.39 is 0 Å². The number of allylic oxidation sites excluding steroid dienone is 2. The Labute approximate surface area is 102 Å². The van der Waals surface area contributed by atoms with E-state index in [4.69, 9.17) is 5.73 Å². The van der Waals surface area contributed by atoms with Gasteiger partial charge in [0.15, 0.2) is 0 Å². The minimum atomic E-state index is -0.380. The van der Waals surface area contributed by atoms with Crippen LogP contribution < -0.4 is 11.1 Å². The van der Waals surface area contributed by atoms with E-state index in [1.54, 1.807) is 0 Å². The van der Waals surface area contributed by atoms with Crippen molar-refractivity contribution in [1.82, 2.24) is 5.32 Å². The average Bonchev–Trinajstić information content (AvgIpc) is 2.82. The van der Waals surface area contributed by atoms with Crippen LogP contribution in [0.15, 0.2) is 22.8 Å². The summed E-state index contributed by atoms with van der Waals surface area (Å²) in [4.78, 5) is 11.2. The predicted molar refractivity (Wildman–Crippen MR) is 67.4 cm³/mol. The lowest BCUT2D eigenvalue weighted by atomic mass is 9.81. The number of primary amides is 1. The van der Waals surface area contributed by atoms with E-state index in [1.165, 1.54) is 42.4 Å². The van der Waals surface area contributed by atoms with Gasteiger partial charge in [-0.25, -0.2) is 4.79 Å². The van der Waals surface area contributed by atoms with Crippen LogP contribution in [0, 0.1) is 11.8 Å². The molecule has 0 aromatic carbocycles. The molecule has 92 valence electrons. The lowest BCUT2D eigenvalue weighted by Crippen LogP contribution is -2.45. The molecule has 3 aliphatic rings. The summed E-state index contributed by atoms with van der Waals surface area (Å²) >= 11 is 0. The van der Waals surface area contributed by atoms with Crippen molar-refractivity contribution in [1.29, 1.82) is 0 Å². The molecule has 0 aromatic rings. The maximum atomic E-state index is 11.2. The number of rotatable bonds is 1. The molecule has 17 heavy (non-hydrogen) atoms. The first-order valence-corrected chi connectivity index (χ1v) is 6.63. The third kappa shape index (κ3) is 1.78. The topological polar surface area (TPSA) is 55.1 Å². The summed E-state index contributed by atoms with van der Waals surface area (Å²) in [7, 11) is 0. The predicted octanol–water partition coefficient (Wildman–Crippen LogP) is 2.49. The summed E-state index contributed by atoms with van der Waals surface area (Å²) in [6.07, 6.45) is 8.33. The molecule has 2 unspecified atom stereocenters. The summed E-state index contributed by atoms with van der Waals surface area (Å²) in [5.74, 6) is 1.25. The van der Waals surface area contributed by atoms with Crippen molar-refractivity contribution >= 4 is 6.03 Å². The van der Waals surface area contributed by atoms with Gasteiger partial charge in [0.2, 0.25) is 0 Å². The van der Waals surface area contributed by atoms with Gasteiger partial charge < -0.3 is 11.1 Å². The molecule has 1 fully saturated rings. The van der Waals surface area contributed by atoms with Gasteiger partial charge in [0, 0.05) is 5.92 Å². The molecule has 0 aliphatic heterocycles. The summed E-state index contributed by atoms with van der Waals surface area (Å²) in [5.41, 5.74) is 9.80. The number of amides is 2. The lowest BCUT2D eigenvalue weighted by molar-refractivity contribution is 0.243. The molecule has 3 aliphatic carbocycles. The largest absolute Gasteiger partial charge is 0.352 e. The van der Waals surface area contributed by atoms with E-state index in [0.29, 0.717) is 5.92 Å². The van der Waals surface area contributed by atoms with Crippen molar-refractivity contribution in [3.63, 3.8) is 0 Å². The number of fused-ring (bicyclic) bond motifs is 1. The third-order valence-corrected chi connectivity index (χ3v) is 4.46. The minimum absolute atomic E-state index is 0.190. The molecule has 0 radical (unpaired) electrons. The molecular weight excluding hydrogens is 212 g/mol. The van der Waals surface area contributed by atoms with Gasteiger partial charge in [0.1, 0.15) is 0 Å². The van der Waals surface area contributed by atoms with Gasteiger partial charge >= 0.3 is 6.03 Å². The molecule has 3 heteroatoms. The van der Waals surface area contributed by atoms with Crippen molar-refractivity contribution in [3.8, 4) is 0 Å². The second-order valence-corrected chi connectivity index (χ2v) is 5.76. The molecular formula is C14H20N2O. The third-order valence-electron chi connectivity index (χ3n) is 4.46. The Hall–Kier alpha value is -1.25. The van der Waals surface area contributed by atoms with Gasteiger partial charge in [0.25, 0.3) is 0 Å². The van der Waals surface area contributed by atoms with E-state index in [2.05, 4.69) is 18.3 Å². The molecule has 3 atom stereocenters. The Morgan fingerprint density at radius 2 is 2.29 bits per heavy atom. The van der Waals surface area contributed by atoms with Gasteiger partial charge in [-0.2, -0.15) is 0 Å². The standard InChI is InChI=1S/C14H20N2O/c1-8-5-10-7-9-3-2-4-11(9)13(12(10)6-8)16-14(15)17/h7-8,12-13H,2-6H2,1H3,(H3,15,16,17)/t8-,12?,13?/m1/s1.